The van der Waals surface area contributed by atoms with Crippen molar-refractivity contribution in [1.29, 1.82) is 0 Å². The minimum Gasteiger partial charge on any atom is -0.494 e. The summed E-state index contributed by atoms with van der Waals surface area (Å²) >= 11 is 0. The maximum Gasteiger partial charge on any atom is 0.255 e. The first-order valence-electron chi connectivity index (χ1n) is 10.7. The lowest BCUT2D eigenvalue weighted by molar-refractivity contribution is -0.133. The van der Waals surface area contributed by atoms with Gasteiger partial charge in [-0.2, -0.15) is 0 Å². The van der Waals surface area contributed by atoms with Crippen LogP contribution in [0.3, 0.4) is 0 Å². The highest BCUT2D eigenvalue weighted by Crippen LogP contribution is 2.36. The van der Waals surface area contributed by atoms with E-state index in [-0.39, 0.29) is 30.3 Å². The number of nitrogens with zero attached hydrogens (tertiary/aromatic N) is 2. The molecule has 1 heterocycles. The minimum absolute atomic E-state index is 0.00180. The van der Waals surface area contributed by atoms with E-state index in [0.717, 1.165) is 12.8 Å². The molecule has 1 atom stereocenters. The zero-order chi connectivity index (χ0) is 24.0. The van der Waals surface area contributed by atoms with Crippen molar-refractivity contribution in [2.75, 3.05) is 52.0 Å². The van der Waals surface area contributed by atoms with E-state index in [9.17, 15) is 14.4 Å². The van der Waals surface area contributed by atoms with Gasteiger partial charge >= 0.3 is 0 Å². The Balaban J connectivity index is 1.74. The summed E-state index contributed by atoms with van der Waals surface area (Å²) < 4.78 is 10.9. The molecule has 0 radical (unpaired) electrons. The summed E-state index contributed by atoms with van der Waals surface area (Å²) in [5.74, 6) is 0.179. The molecular formula is C24H30N4O5. The lowest BCUT2D eigenvalue weighted by Crippen LogP contribution is -2.45. The van der Waals surface area contributed by atoms with Gasteiger partial charge in [0.2, 0.25) is 11.8 Å². The highest BCUT2D eigenvalue weighted by Gasteiger charge is 2.33. The van der Waals surface area contributed by atoms with Crippen LogP contribution in [0.2, 0.25) is 0 Å². The standard InChI is InChI=1S/C24H30N4O5/c1-27(2)24(31)19-11-8-12-28(19)15-22(29)25-17-13-21(33-4)18(14-20(17)32-3)26-23(30)16-9-6-5-7-10-16/h5-7,9-10,13-14,19H,8,11-12,15H2,1-4H3,(H,25,29)(H,26,30). The molecule has 9 heteroatoms. The van der Waals surface area contributed by atoms with Crippen molar-refractivity contribution >= 4 is 29.1 Å². The predicted octanol–water partition coefficient (Wildman–Crippen LogP) is 2.45. The number of carbonyl (C=O) groups is 3. The van der Waals surface area contributed by atoms with Crippen LogP contribution >= 0.6 is 0 Å². The molecule has 1 aliphatic heterocycles. The summed E-state index contributed by atoms with van der Waals surface area (Å²) in [7, 11) is 6.39. The Hall–Kier alpha value is -3.59. The van der Waals surface area contributed by atoms with Crippen molar-refractivity contribution in [2.45, 2.75) is 18.9 Å². The Morgan fingerprint density at radius 1 is 1.00 bits per heavy atom. The maximum atomic E-state index is 12.8. The van der Waals surface area contributed by atoms with E-state index in [1.54, 1.807) is 55.4 Å². The van der Waals surface area contributed by atoms with E-state index >= 15 is 0 Å². The Bertz CT molecular complexity index is 1010. The molecule has 2 aromatic carbocycles. The number of hydrogen-bond acceptors (Lipinski definition) is 6. The topological polar surface area (TPSA) is 100 Å². The molecule has 2 aromatic rings. The molecule has 0 saturated carbocycles. The van der Waals surface area contributed by atoms with Gasteiger partial charge in [0.1, 0.15) is 11.5 Å². The first kappa shape index (κ1) is 24.1. The fraction of sp³-hybridized carbons (Fsp3) is 0.375. The molecule has 0 spiro atoms. The molecule has 0 bridgehead atoms. The molecule has 1 saturated heterocycles. The molecule has 0 aromatic heterocycles. The van der Waals surface area contributed by atoms with E-state index in [4.69, 9.17) is 9.47 Å². The van der Waals surface area contributed by atoms with Gasteiger partial charge in [-0.3, -0.25) is 19.3 Å². The Labute approximate surface area is 193 Å². The van der Waals surface area contributed by atoms with Crippen molar-refractivity contribution in [3.63, 3.8) is 0 Å². The van der Waals surface area contributed by atoms with Crippen molar-refractivity contribution in [1.82, 2.24) is 9.80 Å². The number of likely N-dealkylation sites (N-methyl/N-ethyl adjacent to an activating group) is 1. The number of carbonyl (C=O) groups excluding carboxylic acids is 3. The van der Waals surface area contributed by atoms with Crippen LogP contribution in [0.1, 0.15) is 23.2 Å². The van der Waals surface area contributed by atoms with E-state index in [0.29, 0.717) is 35.0 Å². The van der Waals surface area contributed by atoms with Gasteiger partial charge in [0.25, 0.3) is 5.91 Å². The van der Waals surface area contributed by atoms with Gasteiger partial charge in [0.05, 0.1) is 38.2 Å². The number of benzene rings is 2. The summed E-state index contributed by atoms with van der Waals surface area (Å²) in [5, 5.41) is 5.65. The highest BCUT2D eigenvalue weighted by atomic mass is 16.5. The number of likely N-dealkylation sites (tertiary alicyclic amines) is 1. The van der Waals surface area contributed by atoms with Gasteiger partial charge in [-0.05, 0) is 31.5 Å². The molecule has 1 fully saturated rings. The van der Waals surface area contributed by atoms with Gasteiger partial charge in [0, 0.05) is 31.8 Å². The third-order valence-electron chi connectivity index (χ3n) is 5.52. The lowest BCUT2D eigenvalue weighted by atomic mass is 10.2. The van der Waals surface area contributed by atoms with Crippen LogP contribution in [0.5, 0.6) is 11.5 Å². The first-order chi connectivity index (χ1) is 15.8. The number of rotatable bonds is 8. The smallest absolute Gasteiger partial charge is 0.255 e. The second-order valence-corrected chi connectivity index (χ2v) is 7.98. The fourth-order valence-electron chi connectivity index (χ4n) is 3.84. The molecule has 2 N–H and O–H groups in total. The molecular weight excluding hydrogens is 424 g/mol. The van der Waals surface area contributed by atoms with Gasteiger partial charge in [0.15, 0.2) is 0 Å². The van der Waals surface area contributed by atoms with Crippen LogP contribution in [0.4, 0.5) is 11.4 Å². The summed E-state index contributed by atoms with van der Waals surface area (Å²) in [5.41, 5.74) is 1.33. The number of amides is 3. The third kappa shape index (κ3) is 5.81. The largest absolute Gasteiger partial charge is 0.494 e. The number of nitrogens with one attached hydrogen (secondary N) is 2. The predicted molar refractivity (Wildman–Crippen MR) is 126 cm³/mol. The van der Waals surface area contributed by atoms with Gasteiger partial charge < -0.3 is 25.0 Å². The average molecular weight is 455 g/mol. The zero-order valence-corrected chi connectivity index (χ0v) is 19.4. The summed E-state index contributed by atoms with van der Waals surface area (Å²) in [6.07, 6.45) is 1.60. The first-order valence-corrected chi connectivity index (χ1v) is 10.7. The van der Waals surface area contributed by atoms with Gasteiger partial charge in [-0.1, -0.05) is 18.2 Å². The van der Waals surface area contributed by atoms with E-state index < -0.39 is 0 Å². The third-order valence-corrected chi connectivity index (χ3v) is 5.52. The van der Waals surface area contributed by atoms with Crippen LogP contribution in [0, 0.1) is 0 Å². The normalized spacial score (nSPS) is 15.6. The number of ether oxygens (including phenoxy) is 2. The van der Waals surface area contributed by atoms with Gasteiger partial charge in [-0.15, -0.1) is 0 Å². The van der Waals surface area contributed by atoms with Crippen molar-refractivity contribution in [2.24, 2.45) is 0 Å². The summed E-state index contributed by atoms with van der Waals surface area (Å²) in [6.45, 7) is 0.769. The Kier molecular flexibility index (Phi) is 7.89. The van der Waals surface area contributed by atoms with Crippen molar-refractivity contribution in [3.8, 4) is 11.5 Å². The van der Waals surface area contributed by atoms with Crippen LogP contribution in [0.25, 0.3) is 0 Å². The van der Waals surface area contributed by atoms with Gasteiger partial charge in [-0.25, -0.2) is 0 Å². The zero-order valence-electron chi connectivity index (χ0n) is 19.4. The number of hydrogen-bond donors (Lipinski definition) is 2. The minimum atomic E-state index is -0.294. The van der Waals surface area contributed by atoms with E-state index in [1.165, 1.54) is 14.2 Å². The van der Waals surface area contributed by atoms with Crippen molar-refractivity contribution in [3.05, 3.63) is 48.0 Å². The maximum absolute atomic E-state index is 12.8. The average Bonchev–Trinajstić information content (AvgIpc) is 3.27. The molecule has 1 aliphatic rings. The molecule has 0 aliphatic carbocycles. The molecule has 3 amide bonds. The summed E-state index contributed by atoms with van der Waals surface area (Å²) in [6, 6.07) is 11.7. The fourth-order valence-corrected chi connectivity index (χ4v) is 3.84. The molecule has 3 rings (SSSR count). The molecule has 33 heavy (non-hydrogen) atoms. The monoisotopic (exact) mass is 454 g/mol. The number of methoxy groups -OCH3 is 2. The van der Waals surface area contributed by atoms with Crippen LogP contribution in [0.15, 0.2) is 42.5 Å². The van der Waals surface area contributed by atoms with Crippen LogP contribution in [-0.2, 0) is 9.59 Å². The SMILES string of the molecule is COc1cc(NC(=O)c2ccccc2)c(OC)cc1NC(=O)CN1CCCC1C(=O)N(C)C. The second-order valence-electron chi connectivity index (χ2n) is 7.98. The Morgan fingerprint density at radius 3 is 2.18 bits per heavy atom. The quantitative estimate of drug-likeness (QED) is 0.636. The molecule has 9 nitrogen and oxygen atoms in total. The van der Waals surface area contributed by atoms with E-state index in [1.807, 2.05) is 11.0 Å². The van der Waals surface area contributed by atoms with E-state index in [2.05, 4.69) is 10.6 Å². The lowest BCUT2D eigenvalue weighted by Gasteiger charge is -2.25. The summed E-state index contributed by atoms with van der Waals surface area (Å²) in [4.78, 5) is 41.2. The van der Waals surface area contributed by atoms with Crippen LogP contribution < -0.4 is 20.1 Å². The Morgan fingerprint density at radius 2 is 1.61 bits per heavy atom. The number of anilines is 2. The molecule has 176 valence electrons. The molecule has 1 unspecified atom stereocenters. The van der Waals surface area contributed by atoms with Crippen molar-refractivity contribution < 1.29 is 23.9 Å². The highest BCUT2D eigenvalue weighted by molar-refractivity contribution is 6.05. The second kappa shape index (κ2) is 10.8. The van der Waals surface area contributed by atoms with Crippen LogP contribution in [-0.4, -0.2) is 75.0 Å².